The Kier molecular flexibility index (Phi) is 3.63. The summed E-state index contributed by atoms with van der Waals surface area (Å²) in [4.78, 5) is 6.55. The number of hydrogen-bond donors (Lipinski definition) is 1. The maximum Gasteiger partial charge on any atom is 0.132 e. The topological polar surface area (TPSA) is 42.2 Å². The molecule has 0 spiro atoms. The lowest BCUT2D eigenvalue weighted by molar-refractivity contribution is 0.802. The summed E-state index contributed by atoms with van der Waals surface area (Å²) in [5.41, 5.74) is 9.30. The van der Waals surface area contributed by atoms with Crippen LogP contribution in [0.3, 0.4) is 0 Å². The molecule has 1 aromatic heterocycles. The van der Waals surface area contributed by atoms with E-state index in [1.165, 1.54) is 5.56 Å². The molecule has 0 fully saturated rings. The van der Waals surface area contributed by atoms with Gasteiger partial charge in [0, 0.05) is 25.0 Å². The Morgan fingerprint density at radius 2 is 1.89 bits per heavy atom. The summed E-state index contributed by atoms with van der Waals surface area (Å²) < 4.78 is 0. The van der Waals surface area contributed by atoms with E-state index in [0.717, 1.165) is 17.1 Å². The zero-order chi connectivity index (χ0) is 13.1. The summed E-state index contributed by atoms with van der Waals surface area (Å²) >= 11 is 0. The van der Waals surface area contributed by atoms with Gasteiger partial charge in [0.25, 0.3) is 0 Å². The molecule has 0 saturated heterocycles. The largest absolute Gasteiger partial charge is 0.329 e. The third kappa shape index (κ3) is 2.51. The second-order valence-corrected chi connectivity index (χ2v) is 4.58. The van der Waals surface area contributed by atoms with Gasteiger partial charge in [0.05, 0.1) is 0 Å². The SMILES string of the molecule is Cc1cc(N(C)c2ccccc2)ncc1[C@H](C)N. The van der Waals surface area contributed by atoms with Gasteiger partial charge in [-0.2, -0.15) is 0 Å². The summed E-state index contributed by atoms with van der Waals surface area (Å²) in [5.74, 6) is 0.933. The molecule has 3 nitrogen and oxygen atoms in total. The van der Waals surface area contributed by atoms with Crippen LogP contribution in [-0.4, -0.2) is 12.0 Å². The van der Waals surface area contributed by atoms with Gasteiger partial charge in [-0.1, -0.05) is 18.2 Å². The average Bonchev–Trinajstić information content (AvgIpc) is 2.38. The van der Waals surface area contributed by atoms with Gasteiger partial charge in [0.1, 0.15) is 5.82 Å². The minimum Gasteiger partial charge on any atom is -0.329 e. The van der Waals surface area contributed by atoms with E-state index in [1.54, 1.807) is 0 Å². The minimum atomic E-state index is 0.0218. The van der Waals surface area contributed by atoms with Crippen molar-refractivity contribution in [2.75, 3.05) is 11.9 Å². The number of hydrogen-bond acceptors (Lipinski definition) is 3. The fraction of sp³-hybridized carbons (Fsp3) is 0.267. The van der Waals surface area contributed by atoms with Gasteiger partial charge in [-0.3, -0.25) is 0 Å². The highest BCUT2D eigenvalue weighted by atomic mass is 15.2. The van der Waals surface area contributed by atoms with Crippen molar-refractivity contribution in [3.63, 3.8) is 0 Å². The minimum absolute atomic E-state index is 0.0218. The molecule has 0 bridgehead atoms. The molecule has 2 aromatic rings. The van der Waals surface area contributed by atoms with Crippen LogP contribution in [0.1, 0.15) is 24.1 Å². The zero-order valence-electron chi connectivity index (χ0n) is 11.1. The van der Waals surface area contributed by atoms with Crippen molar-refractivity contribution >= 4 is 11.5 Å². The van der Waals surface area contributed by atoms with Crippen molar-refractivity contribution in [1.29, 1.82) is 0 Å². The standard InChI is InChI=1S/C15H19N3/c1-11-9-15(17-10-14(11)12(2)16)18(3)13-7-5-4-6-8-13/h4-10,12H,16H2,1-3H3/t12-/m0/s1. The molecule has 0 aliphatic heterocycles. The molecule has 3 heteroatoms. The average molecular weight is 241 g/mol. The van der Waals surface area contributed by atoms with Gasteiger partial charge >= 0.3 is 0 Å². The summed E-state index contributed by atoms with van der Waals surface area (Å²) in [6, 6.07) is 12.3. The Labute approximate surface area is 108 Å². The Bertz CT molecular complexity index is 521. The van der Waals surface area contributed by atoms with Crippen molar-refractivity contribution < 1.29 is 0 Å². The lowest BCUT2D eigenvalue weighted by atomic mass is 10.1. The van der Waals surface area contributed by atoms with E-state index in [9.17, 15) is 0 Å². The maximum atomic E-state index is 5.90. The van der Waals surface area contributed by atoms with Gasteiger partial charge in [0.2, 0.25) is 0 Å². The number of nitrogens with zero attached hydrogens (tertiary/aromatic N) is 2. The number of para-hydroxylation sites is 1. The predicted octanol–water partition coefficient (Wildman–Crippen LogP) is 3.18. The van der Waals surface area contributed by atoms with E-state index in [1.807, 2.05) is 38.4 Å². The fourth-order valence-electron chi connectivity index (χ4n) is 2.00. The van der Waals surface area contributed by atoms with E-state index < -0.39 is 0 Å². The first-order valence-corrected chi connectivity index (χ1v) is 6.10. The highest BCUT2D eigenvalue weighted by Crippen LogP contribution is 2.24. The molecule has 0 aliphatic carbocycles. The molecule has 0 unspecified atom stereocenters. The number of pyridine rings is 1. The second kappa shape index (κ2) is 5.19. The molecular formula is C15H19N3. The van der Waals surface area contributed by atoms with E-state index >= 15 is 0 Å². The second-order valence-electron chi connectivity index (χ2n) is 4.58. The molecule has 2 N–H and O–H groups in total. The van der Waals surface area contributed by atoms with Crippen LogP contribution in [0.25, 0.3) is 0 Å². The smallest absolute Gasteiger partial charge is 0.132 e. The molecular weight excluding hydrogens is 222 g/mol. The Balaban J connectivity index is 2.32. The molecule has 0 aliphatic rings. The van der Waals surface area contributed by atoms with Crippen LogP contribution < -0.4 is 10.6 Å². The summed E-state index contributed by atoms with van der Waals surface area (Å²) in [5, 5.41) is 0. The van der Waals surface area contributed by atoms with Gasteiger partial charge in [0.15, 0.2) is 0 Å². The maximum absolute atomic E-state index is 5.90. The van der Waals surface area contributed by atoms with Crippen LogP contribution in [-0.2, 0) is 0 Å². The molecule has 94 valence electrons. The monoisotopic (exact) mass is 241 g/mol. The lowest BCUT2D eigenvalue weighted by Crippen LogP contribution is -2.13. The number of rotatable bonds is 3. The van der Waals surface area contributed by atoms with E-state index in [0.29, 0.717) is 0 Å². The number of anilines is 2. The quantitative estimate of drug-likeness (QED) is 0.897. The summed E-state index contributed by atoms with van der Waals surface area (Å²) in [6.45, 7) is 4.05. The normalized spacial score (nSPS) is 12.2. The van der Waals surface area contributed by atoms with Crippen LogP contribution in [0, 0.1) is 6.92 Å². The number of benzene rings is 1. The Morgan fingerprint density at radius 1 is 1.22 bits per heavy atom. The first-order valence-electron chi connectivity index (χ1n) is 6.10. The summed E-state index contributed by atoms with van der Waals surface area (Å²) in [7, 11) is 2.02. The van der Waals surface area contributed by atoms with Gasteiger partial charge in [-0.15, -0.1) is 0 Å². The zero-order valence-corrected chi connectivity index (χ0v) is 11.1. The molecule has 2 rings (SSSR count). The Hall–Kier alpha value is -1.87. The van der Waals surface area contributed by atoms with Gasteiger partial charge in [-0.25, -0.2) is 4.98 Å². The number of aromatic nitrogens is 1. The van der Waals surface area contributed by atoms with Gasteiger partial charge in [-0.05, 0) is 43.2 Å². The molecule has 1 heterocycles. The lowest BCUT2D eigenvalue weighted by Gasteiger charge is -2.20. The van der Waals surface area contributed by atoms with Crippen molar-refractivity contribution in [1.82, 2.24) is 4.98 Å². The van der Waals surface area contributed by atoms with Crippen LogP contribution in [0.5, 0.6) is 0 Å². The predicted molar refractivity (Wildman–Crippen MR) is 76.1 cm³/mol. The van der Waals surface area contributed by atoms with Crippen molar-refractivity contribution in [2.24, 2.45) is 5.73 Å². The molecule has 1 aromatic carbocycles. The van der Waals surface area contributed by atoms with E-state index in [2.05, 4.69) is 35.0 Å². The third-order valence-electron chi connectivity index (χ3n) is 3.11. The number of aryl methyl sites for hydroxylation is 1. The number of nitrogens with two attached hydrogens (primary N) is 1. The van der Waals surface area contributed by atoms with Crippen molar-refractivity contribution in [3.8, 4) is 0 Å². The molecule has 18 heavy (non-hydrogen) atoms. The summed E-state index contributed by atoms with van der Waals surface area (Å²) in [6.07, 6.45) is 1.87. The van der Waals surface area contributed by atoms with Crippen molar-refractivity contribution in [2.45, 2.75) is 19.9 Å². The first-order chi connectivity index (χ1) is 8.59. The van der Waals surface area contributed by atoms with Crippen LogP contribution in [0.4, 0.5) is 11.5 Å². The van der Waals surface area contributed by atoms with Crippen LogP contribution in [0.2, 0.25) is 0 Å². The van der Waals surface area contributed by atoms with Gasteiger partial charge < -0.3 is 10.6 Å². The van der Waals surface area contributed by atoms with E-state index in [4.69, 9.17) is 5.73 Å². The highest BCUT2D eigenvalue weighted by Gasteiger charge is 2.09. The molecule has 0 radical (unpaired) electrons. The highest BCUT2D eigenvalue weighted by molar-refractivity contribution is 5.59. The molecule has 0 amide bonds. The molecule has 1 atom stereocenters. The van der Waals surface area contributed by atoms with Crippen LogP contribution in [0.15, 0.2) is 42.6 Å². The van der Waals surface area contributed by atoms with E-state index in [-0.39, 0.29) is 6.04 Å². The van der Waals surface area contributed by atoms with Crippen molar-refractivity contribution in [3.05, 3.63) is 53.7 Å². The first kappa shape index (κ1) is 12.6. The fourth-order valence-corrected chi connectivity index (χ4v) is 2.00. The molecule has 0 saturated carbocycles. The van der Waals surface area contributed by atoms with Crippen LogP contribution >= 0.6 is 0 Å². The third-order valence-corrected chi connectivity index (χ3v) is 3.11. The Morgan fingerprint density at radius 3 is 2.44 bits per heavy atom.